The van der Waals surface area contributed by atoms with Crippen molar-refractivity contribution in [3.8, 4) is 0 Å². The molecule has 0 spiro atoms. The van der Waals surface area contributed by atoms with Crippen molar-refractivity contribution < 1.29 is 5.11 Å². The molecule has 1 aromatic rings. The Kier molecular flexibility index (Phi) is 4.38. The van der Waals surface area contributed by atoms with Crippen molar-refractivity contribution in [2.45, 2.75) is 24.4 Å². The van der Waals surface area contributed by atoms with Crippen molar-refractivity contribution in [2.24, 2.45) is 0 Å². The molecule has 7 heteroatoms. The van der Waals surface area contributed by atoms with Crippen LogP contribution in [0, 0.1) is 0 Å². The fourth-order valence-electron chi connectivity index (χ4n) is 1.80. The molecule has 0 aromatic carbocycles. The average molecular weight is 255 g/mol. The molecule has 0 unspecified atom stereocenters. The number of nitrogen functional groups attached to an aromatic ring is 1. The van der Waals surface area contributed by atoms with Crippen molar-refractivity contribution in [3.05, 3.63) is 0 Å². The van der Waals surface area contributed by atoms with Crippen LogP contribution < -0.4 is 10.6 Å². The molecule has 1 fully saturated rings. The topological polar surface area (TPSA) is 88.2 Å². The highest BCUT2D eigenvalue weighted by Gasteiger charge is 2.15. The first-order valence-electron chi connectivity index (χ1n) is 5.80. The average Bonchev–Trinajstić information content (AvgIpc) is 2.37. The molecule has 3 N–H and O–H groups in total. The van der Waals surface area contributed by atoms with Gasteiger partial charge < -0.3 is 15.7 Å². The summed E-state index contributed by atoms with van der Waals surface area (Å²) >= 11 is 1.39. The van der Waals surface area contributed by atoms with E-state index >= 15 is 0 Å². The summed E-state index contributed by atoms with van der Waals surface area (Å²) in [6, 6.07) is 0. The minimum Gasteiger partial charge on any atom is -0.396 e. The third-order valence-corrected chi connectivity index (χ3v) is 3.41. The van der Waals surface area contributed by atoms with Crippen LogP contribution in [0.15, 0.2) is 5.16 Å². The van der Waals surface area contributed by atoms with E-state index in [1.165, 1.54) is 31.0 Å². The van der Waals surface area contributed by atoms with Crippen molar-refractivity contribution in [1.82, 2.24) is 15.0 Å². The predicted octanol–water partition coefficient (Wildman–Crippen LogP) is 0.528. The van der Waals surface area contributed by atoms with E-state index < -0.39 is 0 Å². The van der Waals surface area contributed by atoms with E-state index in [-0.39, 0.29) is 12.6 Å². The summed E-state index contributed by atoms with van der Waals surface area (Å²) in [5, 5.41) is 9.37. The molecular formula is C10H17N5OS. The third kappa shape index (κ3) is 3.44. The zero-order chi connectivity index (χ0) is 12.1. The Morgan fingerprint density at radius 1 is 1.18 bits per heavy atom. The van der Waals surface area contributed by atoms with E-state index in [0.29, 0.717) is 16.9 Å². The number of nitrogens with two attached hydrogens (primary N) is 1. The molecule has 0 atom stereocenters. The standard InChI is InChI=1S/C10H17N5OS/c11-8-12-9(15-4-2-1-3-5-15)14-10(13-8)17-7-6-16/h16H,1-7H2,(H2,11,12,13,14). The fraction of sp³-hybridized carbons (Fsp3) is 0.700. The van der Waals surface area contributed by atoms with Gasteiger partial charge in [-0.15, -0.1) is 0 Å². The molecule has 6 nitrogen and oxygen atoms in total. The van der Waals surface area contributed by atoms with Crippen LogP contribution in [0.1, 0.15) is 19.3 Å². The number of nitrogens with zero attached hydrogens (tertiary/aromatic N) is 4. The van der Waals surface area contributed by atoms with Crippen molar-refractivity contribution in [3.63, 3.8) is 0 Å². The molecule has 94 valence electrons. The molecule has 0 radical (unpaired) electrons. The largest absolute Gasteiger partial charge is 0.396 e. The summed E-state index contributed by atoms with van der Waals surface area (Å²) in [7, 11) is 0. The van der Waals surface area contributed by atoms with Crippen LogP contribution in [0.25, 0.3) is 0 Å². The summed E-state index contributed by atoms with van der Waals surface area (Å²) < 4.78 is 0. The van der Waals surface area contributed by atoms with Crippen molar-refractivity contribution >= 4 is 23.7 Å². The molecule has 17 heavy (non-hydrogen) atoms. The minimum atomic E-state index is 0.106. The maximum Gasteiger partial charge on any atom is 0.231 e. The lowest BCUT2D eigenvalue weighted by molar-refractivity contribution is 0.322. The lowest BCUT2D eigenvalue weighted by Crippen LogP contribution is -2.31. The highest BCUT2D eigenvalue weighted by Crippen LogP contribution is 2.20. The fourth-order valence-corrected chi connectivity index (χ4v) is 2.38. The van der Waals surface area contributed by atoms with Crippen LogP contribution in [-0.2, 0) is 0 Å². The zero-order valence-electron chi connectivity index (χ0n) is 9.67. The Labute approximate surface area is 105 Å². The zero-order valence-corrected chi connectivity index (χ0v) is 10.5. The molecule has 2 heterocycles. The van der Waals surface area contributed by atoms with E-state index in [4.69, 9.17) is 10.8 Å². The maximum atomic E-state index is 8.78. The number of rotatable bonds is 4. The number of piperidine rings is 1. The van der Waals surface area contributed by atoms with Gasteiger partial charge in [0.1, 0.15) is 0 Å². The first kappa shape index (κ1) is 12.4. The molecular weight excluding hydrogens is 238 g/mol. The van der Waals surface area contributed by atoms with Crippen LogP contribution >= 0.6 is 11.8 Å². The molecule has 1 aromatic heterocycles. The van der Waals surface area contributed by atoms with Crippen molar-refractivity contribution in [2.75, 3.05) is 36.1 Å². The molecule has 0 bridgehead atoms. The quantitative estimate of drug-likeness (QED) is 0.759. The van der Waals surface area contributed by atoms with Gasteiger partial charge in [0.05, 0.1) is 6.61 Å². The van der Waals surface area contributed by atoms with Gasteiger partial charge in [-0.3, -0.25) is 0 Å². The Morgan fingerprint density at radius 3 is 2.65 bits per heavy atom. The second-order valence-corrected chi connectivity index (χ2v) is 4.96. The Morgan fingerprint density at radius 2 is 1.94 bits per heavy atom. The summed E-state index contributed by atoms with van der Waals surface area (Å²) in [6.07, 6.45) is 3.61. The molecule has 0 saturated carbocycles. The second kappa shape index (κ2) is 6.02. The molecule has 2 rings (SSSR count). The van der Waals surface area contributed by atoms with Gasteiger partial charge in [-0.25, -0.2) is 0 Å². The summed E-state index contributed by atoms with van der Waals surface area (Å²) in [4.78, 5) is 14.7. The van der Waals surface area contributed by atoms with Crippen LogP contribution in [-0.4, -0.2) is 45.5 Å². The molecule has 1 aliphatic heterocycles. The first-order chi connectivity index (χ1) is 8.29. The van der Waals surface area contributed by atoms with Gasteiger partial charge in [0, 0.05) is 18.8 Å². The number of hydrogen-bond donors (Lipinski definition) is 2. The van der Waals surface area contributed by atoms with E-state index in [1.54, 1.807) is 0 Å². The summed E-state index contributed by atoms with van der Waals surface area (Å²) in [6.45, 7) is 2.07. The van der Waals surface area contributed by atoms with E-state index in [9.17, 15) is 0 Å². The van der Waals surface area contributed by atoms with Crippen LogP contribution in [0.3, 0.4) is 0 Å². The number of thioether (sulfide) groups is 1. The van der Waals surface area contributed by atoms with Gasteiger partial charge in [-0.1, -0.05) is 11.8 Å². The smallest absolute Gasteiger partial charge is 0.231 e. The van der Waals surface area contributed by atoms with E-state index in [2.05, 4.69) is 19.9 Å². The minimum absolute atomic E-state index is 0.106. The third-order valence-electron chi connectivity index (χ3n) is 2.58. The van der Waals surface area contributed by atoms with Gasteiger partial charge >= 0.3 is 0 Å². The number of hydrogen-bond acceptors (Lipinski definition) is 7. The Balaban J connectivity index is 2.12. The number of aliphatic hydroxyl groups is 1. The van der Waals surface area contributed by atoms with Crippen LogP contribution in [0.4, 0.5) is 11.9 Å². The summed E-state index contributed by atoms with van der Waals surface area (Å²) in [5.41, 5.74) is 5.67. The maximum absolute atomic E-state index is 8.78. The first-order valence-corrected chi connectivity index (χ1v) is 6.78. The van der Waals surface area contributed by atoms with Gasteiger partial charge in [0.25, 0.3) is 0 Å². The monoisotopic (exact) mass is 255 g/mol. The van der Waals surface area contributed by atoms with Gasteiger partial charge in [0.15, 0.2) is 5.16 Å². The highest BCUT2D eigenvalue weighted by atomic mass is 32.2. The van der Waals surface area contributed by atoms with Gasteiger partial charge in [0.2, 0.25) is 11.9 Å². The second-order valence-electron chi connectivity index (χ2n) is 3.90. The van der Waals surface area contributed by atoms with E-state index in [1.807, 2.05) is 0 Å². The Bertz CT molecular complexity index is 370. The summed E-state index contributed by atoms with van der Waals surface area (Å²) in [5.74, 6) is 1.49. The van der Waals surface area contributed by atoms with Crippen molar-refractivity contribution in [1.29, 1.82) is 0 Å². The highest BCUT2D eigenvalue weighted by molar-refractivity contribution is 7.99. The lowest BCUT2D eigenvalue weighted by Gasteiger charge is -2.26. The molecule has 0 amide bonds. The molecule has 1 aliphatic rings. The molecule has 0 aliphatic carbocycles. The van der Waals surface area contributed by atoms with Crippen LogP contribution in [0.2, 0.25) is 0 Å². The van der Waals surface area contributed by atoms with Crippen LogP contribution in [0.5, 0.6) is 0 Å². The SMILES string of the molecule is Nc1nc(SCCO)nc(N2CCCCC2)n1. The van der Waals surface area contributed by atoms with E-state index in [0.717, 1.165) is 13.1 Å². The lowest BCUT2D eigenvalue weighted by atomic mass is 10.1. The number of anilines is 2. The number of aromatic nitrogens is 3. The normalized spacial score (nSPS) is 16.2. The number of aliphatic hydroxyl groups excluding tert-OH is 1. The Hall–Kier alpha value is -1.08. The van der Waals surface area contributed by atoms with Gasteiger partial charge in [-0.2, -0.15) is 15.0 Å². The molecule has 1 saturated heterocycles. The predicted molar refractivity (Wildman–Crippen MR) is 68.1 cm³/mol. The van der Waals surface area contributed by atoms with Gasteiger partial charge in [-0.05, 0) is 19.3 Å².